The number of carbonyl (C=O) groups excluding carboxylic acids is 3. The van der Waals surface area contributed by atoms with Gasteiger partial charge in [0.05, 0.1) is 0 Å². The average Bonchev–Trinajstić information content (AvgIpc) is 2.28. The SMILES string of the molecule is CC(=O)OC1NC(=O)NC1OC(C)=O. The van der Waals surface area contributed by atoms with Crippen LogP contribution in [0, 0.1) is 0 Å². The van der Waals surface area contributed by atoms with Crippen LogP contribution in [0.2, 0.25) is 0 Å². The topological polar surface area (TPSA) is 93.7 Å². The molecule has 1 saturated heterocycles. The van der Waals surface area contributed by atoms with E-state index >= 15 is 0 Å². The molecule has 1 fully saturated rings. The fourth-order valence-electron chi connectivity index (χ4n) is 0.992. The predicted octanol–water partition coefficient (Wildman–Crippen LogP) is -0.922. The van der Waals surface area contributed by atoms with Crippen molar-refractivity contribution in [1.29, 1.82) is 0 Å². The van der Waals surface area contributed by atoms with Gasteiger partial charge in [0.1, 0.15) is 0 Å². The second kappa shape index (κ2) is 3.95. The molecule has 0 aromatic heterocycles. The Morgan fingerprint density at radius 3 is 1.71 bits per heavy atom. The number of nitrogens with one attached hydrogen (secondary N) is 2. The zero-order valence-corrected chi connectivity index (χ0v) is 7.70. The maximum Gasteiger partial charge on any atom is 0.320 e. The van der Waals surface area contributed by atoms with Crippen LogP contribution in [0.5, 0.6) is 0 Å². The summed E-state index contributed by atoms with van der Waals surface area (Å²) in [7, 11) is 0. The van der Waals surface area contributed by atoms with Gasteiger partial charge >= 0.3 is 18.0 Å². The van der Waals surface area contributed by atoms with Crippen molar-refractivity contribution >= 4 is 18.0 Å². The van der Waals surface area contributed by atoms with E-state index in [2.05, 4.69) is 20.1 Å². The number of carbonyl (C=O) groups is 3. The number of ether oxygens (including phenoxy) is 2. The molecule has 7 nitrogen and oxygen atoms in total. The van der Waals surface area contributed by atoms with E-state index in [0.29, 0.717) is 0 Å². The fraction of sp³-hybridized carbons (Fsp3) is 0.571. The minimum Gasteiger partial charge on any atom is -0.436 e. The molecule has 0 saturated carbocycles. The molecule has 7 heteroatoms. The lowest BCUT2D eigenvalue weighted by molar-refractivity contribution is -0.165. The third-order valence-corrected chi connectivity index (χ3v) is 1.41. The highest BCUT2D eigenvalue weighted by molar-refractivity contribution is 5.78. The first kappa shape index (κ1) is 10.3. The van der Waals surface area contributed by atoms with Crippen molar-refractivity contribution in [2.45, 2.75) is 26.3 Å². The zero-order valence-electron chi connectivity index (χ0n) is 7.70. The van der Waals surface area contributed by atoms with Gasteiger partial charge in [0.25, 0.3) is 0 Å². The number of amides is 2. The molecule has 2 N–H and O–H groups in total. The van der Waals surface area contributed by atoms with Crippen molar-refractivity contribution < 1.29 is 23.9 Å². The third-order valence-electron chi connectivity index (χ3n) is 1.41. The molecule has 0 spiro atoms. The van der Waals surface area contributed by atoms with E-state index in [4.69, 9.17) is 0 Å². The number of urea groups is 1. The Balaban J connectivity index is 2.57. The molecule has 1 aliphatic heterocycles. The first-order valence-electron chi connectivity index (χ1n) is 3.90. The minimum atomic E-state index is -0.969. The van der Waals surface area contributed by atoms with Crippen molar-refractivity contribution in [2.24, 2.45) is 0 Å². The van der Waals surface area contributed by atoms with E-state index in [0.717, 1.165) is 0 Å². The molecule has 1 rings (SSSR count). The summed E-state index contributed by atoms with van der Waals surface area (Å²) in [5.41, 5.74) is 0. The smallest absolute Gasteiger partial charge is 0.320 e. The minimum absolute atomic E-state index is 0.553. The third kappa shape index (κ3) is 2.61. The lowest BCUT2D eigenvalue weighted by atomic mass is 10.5. The number of rotatable bonds is 2. The highest BCUT2D eigenvalue weighted by Gasteiger charge is 2.36. The Kier molecular flexibility index (Phi) is 2.90. The molecule has 14 heavy (non-hydrogen) atoms. The van der Waals surface area contributed by atoms with E-state index in [1.54, 1.807) is 0 Å². The van der Waals surface area contributed by atoms with Crippen LogP contribution < -0.4 is 10.6 Å². The van der Waals surface area contributed by atoms with Crippen LogP contribution in [0.15, 0.2) is 0 Å². The van der Waals surface area contributed by atoms with Gasteiger partial charge in [0.2, 0.25) is 12.5 Å². The largest absolute Gasteiger partial charge is 0.436 e. The van der Waals surface area contributed by atoms with Crippen LogP contribution in [0.25, 0.3) is 0 Å². The van der Waals surface area contributed by atoms with E-state index < -0.39 is 30.4 Å². The maximum atomic E-state index is 10.8. The molecule has 0 radical (unpaired) electrons. The van der Waals surface area contributed by atoms with Crippen LogP contribution in [0.4, 0.5) is 4.79 Å². The van der Waals surface area contributed by atoms with Crippen molar-refractivity contribution in [1.82, 2.24) is 10.6 Å². The molecule has 1 aliphatic rings. The number of esters is 2. The monoisotopic (exact) mass is 202 g/mol. The summed E-state index contributed by atoms with van der Waals surface area (Å²) in [5, 5.41) is 4.54. The predicted molar refractivity (Wildman–Crippen MR) is 42.8 cm³/mol. The lowest BCUT2D eigenvalue weighted by Crippen LogP contribution is -2.40. The summed E-state index contributed by atoms with van der Waals surface area (Å²) in [6, 6.07) is -0.553. The highest BCUT2D eigenvalue weighted by Crippen LogP contribution is 2.05. The number of hydrogen-bond acceptors (Lipinski definition) is 5. The van der Waals surface area contributed by atoms with Crippen LogP contribution >= 0.6 is 0 Å². The molecule has 0 aromatic rings. The normalized spacial score (nSPS) is 24.9. The summed E-state index contributed by atoms with van der Waals surface area (Å²) in [5.74, 6) is -1.15. The van der Waals surface area contributed by atoms with E-state index in [9.17, 15) is 14.4 Å². The van der Waals surface area contributed by atoms with Gasteiger partial charge in [-0.2, -0.15) is 0 Å². The van der Waals surface area contributed by atoms with Gasteiger partial charge in [0, 0.05) is 13.8 Å². The van der Waals surface area contributed by atoms with Crippen molar-refractivity contribution in [3.8, 4) is 0 Å². The van der Waals surface area contributed by atoms with Gasteiger partial charge < -0.3 is 9.47 Å². The first-order valence-corrected chi connectivity index (χ1v) is 3.90. The Labute approximate surface area is 79.7 Å². The van der Waals surface area contributed by atoms with Crippen LogP contribution in [0.3, 0.4) is 0 Å². The van der Waals surface area contributed by atoms with Crippen LogP contribution in [-0.2, 0) is 19.1 Å². The molecular weight excluding hydrogens is 192 g/mol. The molecule has 0 bridgehead atoms. The molecular formula is C7H10N2O5. The van der Waals surface area contributed by atoms with E-state index in [1.807, 2.05) is 0 Å². The summed E-state index contributed by atoms with van der Waals surface area (Å²) in [4.78, 5) is 32.0. The lowest BCUT2D eigenvalue weighted by Gasteiger charge is -2.16. The highest BCUT2D eigenvalue weighted by atomic mass is 16.6. The molecule has 2 atom stereocenters. The number of hydrogen-bond donors (Lipinski definition) is 2. The second-order valence-electron chi connectivity index (χ2n) is 2.68. The summed E-state index contributed by atoms with van der Waals surface area (Å²) in [6.07, 6.45) is -1.94. The molecule has 2 unspecified atom stereocenters. The van der Waals surface area contributed by atoms with Gasteiger partial charge in [-0.15, -0.1) is 0 Å². The van der Waals surface area contributed by atoms with Gasteiger partial charge in [-0.3, -0.25) is 20.2 Å². The van der Waals surface area contributed by atoms with Gasteiger partial charge in [0.15, 0.2) is 0 Å². The van der Waals surface area contributed by atoms with E-state index in [-0.39, 0.29) is 0 Å². The fourth-order valence-corrected chi connectivity index (χ4v) is 0.992. The van der Waals surface area contributed by atoms with Crippen LogP contribution in [0.1, 0.15) is 13.8 Å². The zero-order chi connectivity index (χ0) is 10.7. The van der Waals surface area contributed by atoms with Crippen molar-refractivity contribution in [2.75, 3.05) is 0 Å². The maximum absolute atomic E-state index is 10.8. The molecule has 78 valence electrons. The van der Waals surface area contributed by atoms with Crippen molar-refractivity contribution in [3.05, 3.63) is 0 Å². The summed E-state index contributed by atoms with van der Waals surface area (Å²) >= 11 is 0. The van der Waals surface area contributed by atoms with Crippen molar-refractivity contribution in [3.63, 3.8) is 0 Å². The molecule has 2 amide bonds. The Morgan fingerprint density at radius 2 is 1.43 bits per heavy atom. The van der Waals surface area contributed by atoms with Gasteiger partial charge in [-0.25, -0.2) is 4.79 Å². The quantitative estimate of drug-likeness (QED) is 0.564. The Hall–Kier alpha value is -1.79. The molecule has 1 heterocycles. The molecule has 0 aromatic carbocycles. The standard InChI is InChI=1S/C7H10N2O5/c1-3(10)13-5-6(14-4(2)11)9-7(12)8-5/h5-6H,1-2H3,(H2,8,9,12). The Bertz CT molecular complexity index is 251. The van der Waals surface area contributed by atoms with Crippen LogP contribution in [-0.4, -0.2) is 30.4 Å². The summed E-state index contributed by atoms with van der Waals surface area (Å²) < 4.78 is 9.37. The Morgan fingerprint density at radius 1 is 1.07 bits per heavy atom. The first-order chi connectivity index (χ1) is 6.49. The molecule has 0 aliphatic carbocycles. The van der Waals surface area contributed by atoms with E-state index in [1.165, 1.54) is 13.8 Å². The average molecular weight is 202 g/mol. The second-order valence-corrected chi connectivity index (χ2v) is 2.68. The van der Waals surface area contributed by atoms with Gasteiger partial charge in [-0.1, -0.05) is 0 Å². The summed E-state index contributed by atoms with van der Waals surface area (Å²) in [6.45, 7) is 2.38. The van der Waals surface area contributed by atoms with Gasteiger partial charge in [-0.05, 0) is 0 Å².